The molecule has 70 heavy (non-hydrogen) atoms. The van der Waals surface area contributed by atoms with Crippen LogP contribution in [0.5, 0.6) is 0 Å². The molecule has 15 heteroatoms. The van der Waals surface area contributed by atoms with Crippen molar-refractivity contribution < 1.29 is 61.7 Å². The molecular weight excluding hydrogens is 911 g/mol. The van der Waals surface area contributed by atoms with Gasteiger partial charge < -0.3 is 62.6 Å². The number of allylic oxidation sites excluding steroid dienone is 2. The maximum Gasteiger partial charge on any atom is 0.316 e. The van der Waals surface area contributed by atoms with Crippen molar-refractivity contribution in [2.24, 2.45) is 29.4 Å². The number of methoxy groups -OCH3 is 2. The molecule has 396 valence electrons. The van der Waals surface area contributed by atoms with E-state index in [4.69, 9.17) is 57.5 Å². The fourth-order valence-electron chi connectivity index (χ4n) is 11.4. The summed E-state index contributed by atoms with van der Waals surface area (Å²) in [5.74, 6) is -2.37. The maximum absolute atomic E-state index is 14.9. The van der Waals surface area contributed by atoms with E-state index in [-0.39, 0.29) is 59.9 Å². The molecule has 7 rings (SSSR count). The third-order valence-corrected chi connectivity index (χ3v) is 21.8. The molecular formula is C55H89NO13Si. The molecule has 6 aliphatic heterocycles. The van der Waals surface area contributed by atoms with Gasteiger partial charge in [0.15, 0.2) is 26.7 Å². The van der Waals surface area contributed by atoms with Crippen molar-refractivity contribution in [1.82, 2.24) is 0 Å². The third-order valence-electron chi connectivity index (χ3n) is 17.4. The number of hydrogen-bond acceptors (Lipinski definition) is 14. The molecule has 7 aliphatic rings. The van der Waals surface area contributed by atoms with Crippen LogP contribution in [0, 0.1) is 23.7 Å². The summed E-state index contributed by atoms with van der Waals surface area (Å²) < 4.78 is 72.7. The fourth-order valence-corrected chi connectivity index (χ4v) is 12.7. The van der Waals surface area contributed by atoms with Crippen LogP contribution in [0.2, 0.25) is 18.1 Å². The Morgan fingerprint density at radius 3 is 2.31 bits per heavy atom. The summed E-state index contributed by atoms with van der Waals surface area (Å²) in [6, 6.07) is 0. The van der Waals surface area contributed by atoms with E-state index in [9.17, 15) is 9.90 Å². The second-order valence-corrected chi connectivity index (χ2v) is 28.3. The number of ether oxygens (including phenoxy) is 10. The average Bonchev–Trinajstić information content (AvgIpc) is 3.63. The smallest absolute Gasteiger partial charge is 0.316 e. The highest BCUT2D eigenvalue weighted by Gasteiger charge is 2.62. The van der Waals surface area contributed by atoms with Crippen LogP contribution in [-0.2, 0) is 56.6 Å². The second kappa shape index (κ2) is 21.6. The Morgan fingerprint density at radius 1 is 0.929 bits per heavy atom. The number of aliphatic hydroxyl groups is 1. The molecule has 0 aromatic rings. The van der Waals surface area contributed by atoms with Gasteiger partial charge in [-0.05, 0) is 87.9 Å². The second-order valence-electron chi connectivity index (χ2n) is 23.6. The molecule has 1 spiro atoms. The molecule has 0 saturated carbocycles. The van der Waals surface area contributed by atoms with Gasteiger partial charge in [0.25, 0.3) is 0 Å². The van der Waals surface area contributed by atoms with E-state index < -0.39 is 86.3 Å². The van der Waals surface area contributed by atoms with Crippen LogP contribution in [0.1, 0.15) is 122 Å². The summed E-state index contributed by atoms with van der Waals surface area (Å²) >= 11 is 0. The van der Waals surface area contributed by atoms with Gasteiger partial charge in [0, 0.05) is 51.7 Å². The van der Waals surface area contributed by atoms with Crippen molar-refractivity contribution in [2.45, 2.75) is 236 Å². The highest BCUT2D eigenvalue weighted by atomic mass is 28.4. The van der Waals surface area contributed by atoms with Crippen LogP contribution in [0.4, 0.5) is 0 Å². The van der Waals surface area contributed by atoms with Crippen molar-refractivity contribution >= 4 is 14.3 Å². The van der Waals surface area contributed by atoms with Crippen LogP contribution >= 0.6 is 0 Å². The zero-order chi connectivity index (χ0) is 51.3. The number of esters is 1. The summed E-state index contributed by atoms with van der Waals surface area (Å²) in [6.45, 7) is 29.7. The Labute approximate surface area is 420 Å². The predicted molar refractivity (Wildman–Crippen MR) is 270 cm³/mol. The van der Waals surface area contributed by atoms with Crippen LogP contribution < -0.4 is 5.73 Å². The topological polar surface area (TPSA) is 165 Å². The number of rotatable bonds is 10. The van der Waals surface area contributed by atoms with Crippen molar-refractivity contribution in [3.05, 3.63) is 59.3 Å². The van der Waals surface area contributed by atoms with Crippen molar-refractivity contribution in [3.63, 3.8) is 0 Å². The number of carbonyl (C=O) groups is 1. The molecule has 0 radical (unpaired) electrons. The molecule has 0 aromatic heterocycles. The van der Waals surface area contributed by atoms with Crippen LogP contribution in [0.25, 0.3) is 0 Å². The van der Waals surface area contributed by atoms with Gasteiger partial charge in [-0.25, -0.2) is 0 Å². The lowest BCUT2D eigenvalue weighted by Gasteiger charge is -2.49. The van der Waals surface area contributed by atoms with Gasteiger partial charge in [-0.3, -0.25) is 4.79 Å². The van der Waals surface area contributed by atoms with E-state index >= 15 is 0 Å². The SMILES string of the molecule is CCC(C)[C@H]1O[C@]2(C=C[C@@H]1C)C[C@@H]1C[C@@H](C/C=C(\C)[C@@H](O[C@H]3C[C@H](OC)[C@@H](O[C@H]4C[C@H](OC)[C@](C)(N)[C@H](C)O4)[C@H](C)O3)[C@@H](C)/C=C/C=C3\CO[C@@H]4[C@H](O[Si](C)(C)C(C)(C)C)C(C)=C[C@@H](C(=O)O1)[C@]34O)O2. The molecule has 4 fully saturated rings. The van der Waals surface area contributed by atoms with E-state index in [2.05, 4.69) is 86.7 Å². The standard InChI is InChI=1S/C55H89NO13Si/c1-17-31(2)47-34(5)23-24-54(68-47)29-40-26-39(67-54)22-21-33(4)46(65-44-27-42(59-13)49(36(7)62-44)66-45-28-43(60-14)53(12,56)37(8)63-45)32(3)19-18-20-38-30-61-50-48(69-70(15,16)52(9,10)11)35(6)25-41(51(57)64-40)55(38,50)58/h18-21,23-25,31-32,34,36-37,39-50,58H,17,22,26-30,56H2,1-16H3/b19-18+,33-21+,38-20+/t31?,32-,34-,36-,37-,39+,40-,41-,42-,43-,44-,45-,46-,47+,48+,49-,50+,53+,54+,55+/m0/s1. The Hall–Kier alpha value is -2.09. The highest BCUT2D eigenvalue weighted by Crippen LogP contribution is 2.50. The Balaban J connectivity index is 1.22. The molecule has 14 nitrogen and oxygen atoms in total. The molecule has 0 aromatic carbocycles. The van der Waals surface area contributed by atoms with E-state index in [0.717, 1.165) is 17.6 Å². The lowest BCUT2D eigenvalue weighted by atomic mass is 9.71. The molecule has 0 amide bonds. The van der Waals surface area contributed by atoms with E-state index in [1.54, 1.807) is 14.2 Å². The summed E-state index contributed by atoms with van der Waals surface area (Å²) in [5.41, 5.74) is 6.61. The van der Waals surface area contributed by atoms with Crippen molar-refractivity contribution in [3.8, 4) is 0 Å². The van der Waals surface area contributed by atoms with Gasteiger partial charge in [-0.2, -0.15) is 0 Å². The first-order chi connectivity index (χ1) is 32.8. The largest absolute Gasteiger partial charge is 0.462 e. The van der Waals surface area contributed by atoms with E-state index in [1.807, 2.05) is 52.0 Å². The number of hydrogen-bond donors (Lipinski definition) is 2. The van der Waals surface area contributed by atoms with Gasteiger partial charge in [0.2, 0.25) is 0 Å². The summed E-state index contributed by atoms with van der Waals surface area (Å²) in [5, 5.41) is 13.1. The van der Waals surface area contributed by atoms with E-state index in [0.29, 0.717) is 37.7 Å². The summed E-state index contributed by atoms with van der Waals surface area (Å²) in [4.78, 5) is 14.9. The monoisotopic (exact) mass is 1000 g/mol. The highest BCUT2D eigenvalue weighted by molar-refractivity contribution is 6.74. The van der Waals surface area contributed by atoms with Crippen molar-refractivity contribution in [2.75, 3.05) is 20.8 Å². The van der Waals surface area contributed by atoms with E-state index in [1.165, 1.54) is 0 Å². The van der Waals surface area contributed by atoms with Gasteiger partial charge in [-0.15, -0.1) is 0 Å². The van der Waals surface area contributed by atoms with Gasteiger partial charge in [0.05, 0.1) is 61.0 Å². The molecule has 4 saturated heterocycles. The normalized spacial score (nSPS) is 46.5. The zero-order valence-electron chi connectivity index (χ0n) is 45.2. The summed E-state index contributed by atoms with van der Waals surface area (Å²) in [7, 11) is 0.979. The summed E-state index contributed by atoms with van der Waals surface area (Å²) in [6.07, 6.45) is 11.5. The first-order valence-electron chi connectivity index (χ1n) is 26.2. The predicted octanol–water partition coefficient (Wildman–Crippen LogP) is 8.76. The zero-order valence-corrected chi connectivity index (χ0v) is 46.2. The quantitative estimate of drug-likeness (QED) is 0.121. The minimum Gasteiger partial charge on any atom is -0.462 e. The lowest BCUT2D eigenvalue weighted by molar-refractivity contribution is -0.315. The number of fused-ring (bicyclic) bond motifs is 2. The molecule has 2 bridgehead atoms. The average molecular weight is 1000 g/mol. The third kappa shape index (κ3) is 11.3. The van der Waals surface area contributed by atoms with Gasteiger partial charge in [-0.1, -0.05) is 91.3 Å². The maximum atomic E-state index is 14.9. The molecule has 1 aliphatic carbocycles. The Morgan fingerprint density at radius 2 is 1.64 bits per heavy atom. The fraction of sp³-hybridized carbons (Fsp3) is 0.800. The first kappa shape index (κ1) is 55.7. The van der Waals surface area contributed by atoms with Crippen molar-refractivity contribution in [1.29, 1.82) is 0 Å². The Bertz CT molecular complexity index is 1990. The number of nitrogens with two attached hydrogens (primary N) is 1. The van der Waals surface area contributed by atoms with Crippen LogP contribution in [-0.4, -0.2) is 137 Å². The van der Waals surface area contributed by atoms with Crippen LogP contribution in [0.3, 0.4) is 0 Å². The van der Waals surface area contributed by atoms with Crippen LogP contribution in [0.15, 0.2) is 59.3 Å². The minimum absolute atomic E-state index is 0.0844. The molecule has 3 N–H and O–H groups in total. The molecule has 6 heterocycles. The first-order valence-corrected chi connectivity index (χ1v) is 29.1. The number of carbonyl (C=O) groups excluding carboxylic acids is 1. The van der Waals surface area contributed by atoms with Gasteiger partial charge >= 0.3 is 5.97 Å². The minimum atomic E-state index is -2.37. The molecule has 1 unspecified atom stereocenters. The lowest BCUT2D eigenvalue weighted by Crippen LogP contribution is -2.63. The Kier molecular flexibility index (Phi) is 17.2. The molecule has 20 atom stereocenters. The van der Waals surface area contributed by atoms with Gasteiger partial charge in [0.1, 0.15) is 29.8 Å².